The zero-order chi connectivity index (χ0) is 16.9. The van der Waals surface area contributed by atoms with E-state index in [2.05, 4.69) is 10.4 Å². The molecule has 8 nitrogen and oxygen atoms in total. The maximum absolute atomic E-state index is 12.3. The number of aliphatic carboxylic acids is 1. The van der Waals surface area contributed by atoms with E-state index < -0.39 is 29.2 Å². The summed E-state index contributed by atoms with van der Waals surface area (Å²) in [5.41, 5.74) is 1.47. The van der Waals surface area contributed by atoms with E-state index in [0.717, 1.165) is 0 Å². The van der Waals surface area contributed by atoms with Gasteiger partial charge in [-0.05, 0) is 19.4 Å². The Kier molecular flexibility index (Phi) is 3.67. The number of aromatic nitrogens is 2. The Balaban J connectivity index is 1.78. The van der Waals surface area contributed by atoms with Crippen LogP contribution in [0.15, 0.2) is 17.5 Å². The van der Waals surface area contributed by atoms with Crippen LogP contribution in [0.3, 0.4) is 0 Å². The lowest BCUT2D eigenvalue weighted by Gasteiger charge is -2.50. The molecule has 9 heteroatoms. The number of nitrogens with zero attached hydrogens (tertiary/aromatic N) is 3. The third-order valence-electron chi connectivity index (χ3n) is 3.90. The average Bonchev–Trinajstić information content (AvgIpc) is 2.82. The lowest BCUT2D eigenvalue weighted by atomic mass is 10.0. The summed E-state index contributed by atoms with van der Waals surface area (Å²) in [6, 6.07) is -0.741. The Hall–Kier alpha value is -2.29. The van der Waals surface area contributed by atoms with Crippen LogP contribution in [0.2, 0.25) is 0 Å². The summed E-state index contributed by atoms with van der Waals surface area (Å²) in [7, 11) is 1.71. The fourth-order valence-corrected chi connectivity index (χ4v) is 4.10. The lowest BCUT2D eigenvalue weighted by Crippen LogP contribution is -2.71. The second-order valence-corrected chi connectivity index (χ2v) is 6.68. The first-order valence-electron chi connectivity index (χ1n) is 6.98. The number of thioether (sulfide) groups is 1. The first-order chi connectivity index (χ1) is 10.8. The second kappa shape index (κ2) is 5.41. The number of carbonyl (C=O) groups excluding carboxylic acids is 3. The fourth-order valence-electron chi connectivity index (χ4n) is 2.80. The maximum atomic E-state index is 12.3. The van der Waals surface area contributed by atoms with Gasteiger partial charge in [-0.25, -0.2) is 0 Å². The number of amides is 2. The van der Waals surface area contributed by atoms with Crippen LogP contribution in [0.4, 0.5) is 0 Å². The summed E-state index contributed by atoms with van der Waals surface area (Å²) in [6.07, 6.45) is 1.58. The molecule has 0 aromatic carbocycles. The molecule has 2 aliphatic rings. The largest absolute Gasteiger partial charge is 0.543 e. The van der Waals surface area contributed by atoms with E-state index in [9.17, 15) is 19.5 Å². The van der Waals surface area contributed by atoms with Crippen molar-refractivity contribution >= 4 is 29.5 Å². The van der Waals surface area contributed by atoms with E-state index in [-0.39, 0.29) is 5.70 Å². The highest BCUT2D eigenvalue weighted by molar-refractivity contribution is 8.00. The number of carboxylic acids is 1. The van der Waals surface area contributed by atoms with Gasteiger partial charge in [0.05, 0.1) is 22.9 Å². The summed E-state index contributed by atoms with van der Waals surface area (Å²) in [4.78, 5) is 37.0. The molecule has 1 aromatic rings. The molecule has 23 heavy (non-hydrogen) atoms. The SMILES string of the molecule is CC1=C(C(=O)[O-])N2C(=O)[C@@H](NC(=O)c3cn(C)nc3C)[C@H]2SC1. The van der Waals surface area contributed by atoms with Crippen molar-refractivity contribution in [2.75, 3.05) is 5.75 Å². The Morgan fingerprint density at radius 1 is 1.43 bits per heavy atom. The molecule has 0 saturated carbocycles. The van der Waals surface area contributed by atoms with Crippen LogP contribution in [0.25, 0.3) is 0 Å². The highest BCUT2D eigenvalue weighted by Crippen LogP contribution is 2.39. The smallest absolute Gasteiger partial charge is 0.255 e. The lowest BCUT2D eigenvalue weighted by molar-refractivity contribution is -0.301. The van der Waals surface area contributed by atoms with E-state index >= 15 is 0 Å². The molecule has 122 valence electrons. The van der Waals surface area contributed by atoms with Gasteiger partial charge in [-0.3, -0.25) is 19.2 Å². The molecule has 2 atom stereocenters. The van der Waals surface area contributed by atoms with Crippen molar-refractivity contribution in [2.24, 2.45) is 7.05 Å². The molecule has 0 spiro atoms. The van der Waals surface area contributed by atoms with E-state index in [1.54, 1.807) is 27.1 Å². The fraction of sp³-hybridized carbons (Fsp3) is 0.429. The summed E-state index contributed by atoms with van der Waals surface area (Å²) in [6.45, 7) is 3.37. The average molecular weight is 335 g/mol. The number of hydrogen-bond acceptors (Lipinski definition) is 6. The Labute approximate surface area is 136 Å². The summed E-state index contributed by atoms with van der Waals surface area (Å²) in [5, 5.41) is 17.6. The van der Waals surface area contributed by atoms with Crippen molar-refractivity contribution in [3.05, 3.63) is 28.7 Å². The van der Waals surface area contributed by atoms with E-state index in [1.165, 1.54) is 21.3 Å². The molecule has 2 amide bonds. The van der Waals surface area contributed by atoms with Crippen molar-refractivity contribution in [1.82, 2.24) is 20.0 Å². The number of rotatable bonds is 3. The predicted molar refractivity (Wildman–Crippen MR) is 80.0 cm³/mol. The van der Waals surface area contributed by atoms with Crippen LogP contribution in [-0.4, -0.2) is 49.6 Å². The second-order valence-electron chi connectivity index (χ2n) is 5.58. The summed E-state index contributed by atoms with van der Waals surface area (Å²) < 4.78 is 1.52. The van der Waals surface area contributed by atoms with Crippen molar-refractivity contribution in [1.29, 1.82) is 0 Å². The van der Waals surface area contributed by atoms with Gasteiger partial charge in [0, 0.05) is 19.0 Å². The third-order valence-corrected chi connectivity index (χ3v) is 5.32. The van der Waals surface area contributed by atoms with Gasteiger partial charge in [-0.15, -0.1) is 11.8 Å². The quantitative estimate of drug-likeness (QED) is 0.693. The van der Waals surface area contributed by atoms with Gasteiger partial charge in [0.2, 0.25) is 0 Å². The van der Waals surface area contributed by atoms with Gasteiger partial charge < -0.3 is 15.2 Å². The van der Waals surface area contributed by atoms with Crippen LogP contribution in [0, 0.1) is 6.92 Å². The standard InChI is InChI=1S/C14H16N4O4S/c1-6-5-23-13-9(12(20)18(13)10(6)14(21)22)15-11(19)8-4-17(3)16-7(8)2/h4,9,13H,5H2,1-3H3,(H,15,19)(H,21,22)/p-1/t9-,13-/m1/s1. The number of fused-ring (bicyclic) bond motifs is 1. The minimum absolute atomic E-state index is 0.0817. The van der Waals surface area contributed by atoms with Gasteiger partial charge >= 0.3 is 0 Å². The number of carboxylic acid groups (broad SMARTS) is 1. The highest BCUT2D eigenvalue weighted by atomic mass is 32.2. The van der Waals surface area contributed by atoms with Gasteiger partial charge in [0.1, 0.15) is 11.4 Å². The molecule has 3 rings (SSSR count). The Bertz CT molecular complexity index is 754. The van der Waals surface area contributed by atoms with Gasteiger partial charge in [-0.2, -0.15) is 5.10 Å². The first kappa shape index (κ1) is 15.6. The van der Waals surface area contributed by atoms with Crippen molar-refractivity contribution in [3.8, 4) is 0 Å². The molecule has 1 aromatic heterocycles. The number of aryl methyl sites for hydroxylation is 2. The molecule has 0 aliphatic carbocycles. The maximum Gasteiger partial charge on any atom is 0.255 e. The summed E-state index contributed by atoms with van der Waals surface area (Å²) in [5.74, 6) is -1.71. The molecule has 2 aliphatic heterocycles. The molecule has 0 unspecified atom stereocenters. The highest BCUT2D eigenvalue weighted by Gasteiger charge is 2.52. The molecule has 0 radical (unpaired) electrons. The zero-order valence-corrected chi connectivity index (χ0v) is 13.6. The molecule has 1 saturated heterocycles. The molecule has 1 N–H and O–H groups in total. The van der Waals surface area contributed by atoms with E-state index in [0.29, 0.717) is 22.6 Å². The Morgan fingerprint density at radius 3 is 2.70 bits per heavy atom. The number of β-lactam (4-membered cyclic amide) rings is 1. The van der Waals surface area contributed by atoms with Crippen LogP contribution < -0.4 is 10.4 Å². The van der Waals surface area contributed by atoms with Crippen LogP contribution in [0.1, 0.15) is 23.0 Å². The van der Waals surface area contributed by atoms with Crippen molar-refractivity contribution in [2.45, 2.75) is 25.3 Å². The number of nitrogens with one attached hydrogen (secondary N) is 1. The van der Waals surface area contributed by atoms with Crippen LogP contribution >= 0.6 is 11.8 Å². The number of carbonyl (C=O) groups is 3. The van der Waals surface area contributed by atoms with Gasteiger partial charge in [-0.1, -0.05) is 0 Å². The molecular weight excluding hydrogens is 320 g/mol. The molecule has 3 heterocycles. The Morgan fingerprint density at radius 2 is 2.13 bits per heavy atom. The first-order valence-corrected chi connectivity index (χ1v) is 8.03. The van der Waals surface area contributed by atoms with Crippen LogP contribution in [-0.2, 0) is 16.6 Å². The third kappa shape index (κ3) is 2.40. The van der Waals surface area contributed by atoms with E-state index in [1.807, 2.05) is 0 Å². The zero-order valence-electron chi connectivity index (χ0n) is 12.8. The number of hydrogen-bond donors (Lipinski definition) is 1. The van der Waals surface area contributed by atoms with E-state index in [4.69, 9.17) is 0 Å². The topological polar surface area (TPSA) is 107 Å². The van der Waals surface area contributed by atoms with Crippen molar-refractivity contribution in [3.63, 3.8) is 0 Å². The van der Waals surface area contributed by atoms with Gasteiger partial charge in [0.25, 0.3) is 11.8 Å². The minimum Gasteiger partial charge on any atom is -0.543 e. The van der Waals surface area contributed by atoms with Crippen LogP contribution in [0.5, 0.6) is 0 Å². The molecule has 1 fully saturated rings. The van der Waals surface area contributed by atoms with Crippen molar-refractivity contribution < 1.29 is 19.5 Å². The normalized spacial score (nSPS) is 23.4. The molecule has 0 bridgehead atoms. The minimum atomic E-state index is -1.37. The summed E-state index contributed by atoms with van der Waals surface area (Å²) >= 11 is 1.42. The molecular formula is C14H15N4O4S-. The predicted octanol–water partition coefficient (Wildman–Crippen LogP) is -1.23. The van der Waals surface area contributed by atoms with Gasteiger partial charge in [0.15, 0.2) is 0 Å². The monoisotopic (exact) mass is 335 g/mol.